The number of aliphatic carboxylic acids is 2. The van der Waals surface area contributed by atoms with E-state index in [4.69, 9.17) is 16.6 Å². The number of hydrogen-bond donors (Lipinski definition) is 7. The van der Waals surface area contributed by atoms with Gasteiger partial charge in [-0.25, -0.2) is 9.78 Å². The third-order valence-corrected chi connectivity index (χ3v) is 5.18. The number of H-pyrrole nitrogens is 1. The largest absolute Gasteiger partial charge is 0.481 e. The van der Waals surface area contributed by atoms with Crippen LogP contribution >= 0.6 is 0 Å². The van der Waals surface area contributed by atoms with Crippen LogP contribution in [0, 0.1) is 0 Å². The molecule has 0 bridgehead atoms. The molecule has 15 nitrogen and oxygen atoms in total. The molecule has 0 aliphatic carbocycles. The highest BCUT2D eigenvalue weighted by molar-refractivity contribution is 5.95. The second kappa shape index (κ2) is 11.7. The lowest BCUT2D eigenvalue weighted by Crippen LogP contribution is -2.57. The molecule has 0 aromatic carbocycles. The van der Waals surface area contributed by atoms with Crippen molar-refractivity contribution in [3.63, 3.8) is 0 Å². The molecule has 4 amide bonds. The Hall–Kier alpha value is -4.01. The van der Waals surface area contributed by atoms with E-state index < -0.39 is 72.6 Å². The summed E-state index contributed by atoms with van der Waals surface area (Å²) >= 11 is 0. The van der Waals surface area contributed by atoms with Gasteiger partial charge in [0.15, 0.2) is 0 Å². The highest BCUT2D eigenvalue weighted by Crippen LogP contribution is 2.19. The number of nitrogens with one attached hydrogen (secondary N) is 3. The summed E-state index contributed by atoms with van der Waals surface area (Å²) in [5.41, 5.74) is 11.1. The van der Waals surface area contributed by atoms with Crippen molar-refractivity contribution >= 4 is 35.6 Å². The molecule has 1 aromatic rings. The second-order valence-electron chi connectivity index (χ2n) is 7.81. The molecular formula is C19H27N7O8. The van der Waals surface area contributed by atoms with Crippen LogP contribution in [0.2, 0.25) is 0 Å². The molecule has 0 radical (unpaired) electrons. The fourth-order valence-electron chi connectivity index (χ4n) is 3.56. The Morgan fingerprint density at radius 1 is 1.15 bits per heavy atom. The van der Waals surface area contributed by atoms with Gasteiger partial charge in [0.05, 0.1) is 25.2 Å². The summed E-state index contributed by atoms with van der Waals surface area (Å²) in [7, 11) is 0. The molecule has 1 fully saturated rings. The van der Waals surface area contributed by atoms with Crippen LogP contribution in [0.4, 0.5) is 0 Å². The number of aromatic amines is 1. The number of hydrogen-bond acceptors (Lipinski definition) is 8. The molecule has 4 unspecified atom stereocenters. The zero-order chi connectivity index (χ0) is 25.4. The molecule has 4 atom stereocenters. The minimum atomic E-state index is -1.61. The van der Waals surface area contributed by atoms with Gasteiger partial charge in [0.2, 0.25) is 23.6 Å². The number of primary amides is 1. The van der Waals surface area contributed by atoms with E-state index in [0.29, 0.717) is 12.1 Å². The van der Waals surface area contributed by atoms with Crippen LogP contribution in [-0.4, -0.2) is 91.4 Å². The lowest BCUT2D eigenvalue weighted by Gasteiger charge is -2.28. The lowest BCUT2D eigenvalue weighted by atomic mass is 10.1. The topological polar surface area (TPSA) is 251 Å². The molecule has 15 heteroatoms. The summed E-state index contributed by atoms with van der Waals surface area (Å²) < 4.78 is 0. The average Bonchev–Trinajstić information content (AvgIpc) is 3.43. The van der Waals surface area contributed by atoms with E-state index in [2.05, 4.69) is 20.6 Å². The Balaban J connectivity index is 2.16. The molecule has 1 aromatic heterocycles. The van der Waals surface area contributed by atoms with E-state index in [-0.39, 0.29) is 19.4 Å². The zero-order valence-electron chi connectivity index (χ0n) is 18.1. The van der Waals surface area contributed by atoms with Gasteiger partial charge in [0.25, 0.3) is 0 Å². The minimum Gasteiger partial charge on any atom is -0.481 e. The molecule has 1 saturated heterocycles. The second-order valence-corrected chi connectivity index (χ2v) is 7.81. The fourth-order valence-corrected chi connectivity index (χ4v) is 3.56. The number of likely N-dealkylation sites (tertiary alicyclic amines) is 1. The van der Waals surface area contributed by atoms with Gasteiger partial charge in [-0.15, -0.1) is 0 Å². The van der Waals surface area contributed by atoms with Crippen LogP contribution in [0.15, 0.2) is 12.5 Å². The van der Waals surface area contributed by atoms with Crippen LogP contribution in [0.25, 0.3) is 0 Å². The van der Waals surface area contributed by atoms with E-state index >= 15 is 0 Å². The van der Waals surface area contributed by atoms with Gasteiger partial charge in [-0.2, -0.15) is 0 Å². The number of carboxylic acids is 2. The maximum Gasteiger partial charge on any atom is 0.326 e. The summed E-state index contributed by atoms with van der Waals surface area (Å²) in [6.07, 6.45) is 2.11. The Morgan fingerprint density at radius 3 is 2.41 bits per heavy atom. The summed E-state index contributed by atoms with van der Waals surface area (Å²) in [5, 5.41) is 22.8. The molecule has 9 N–H and O–H groups in total. The summed E-state index contributed by atoms with van der Waals surface area (Å²) in [6, 6.07) is -5.22. The Labute approximate surface area is 193 Å². The monoisotopic (exact) mass is 481 g/mol. The van der Waals surface area contributed by atoms with Gasteiger partial charge in [-0.1, -0.05) is 0 Å². The van der Waals surface area contributed by atoms with Crippen molar-refractivity contribution in [1.29, 1.82) is 0 Å². The van der Waals surface area contributed by atoms with Crippen LogP contribution in [-0.2, 0) is 35.2 Å². The van der Waals surface area contributed by atoms with E-state index in [1.807, 2.05) is 0 Å². The number of aromatic nitrogens is 2. The highest BCUT2D eigenvalue weighted by atomic mass is 16.4. The number of imidazole rings is 1. The van der Waals surface area contributed by atoms with Gasteiger partial charge < -0.3 is 42.2 Å². The van der Waals surface area contributed by atoms with E-state index in [1.165, 1.54) is 17.4 Å². The highest BCUT2D eigenvalue weighted by Gasteiger charge is 2.38. The van der Waals surface area contributed by atoms with Gasteiger partial charge in [-0.3, -0.25) is 24.0 Å². The summed E-state index contributed by atoms with van der Waals surface area (Å²) in [4.78, 5) is 79.5. The maximum atomic E-state index is 13.0. The Kier molecular flexibility index (Phi) is 9.06. The predicted octanol–water partition coefficient (Wildman–Crippen LogP) is -3.33. The van der Waals surface area contributed by atoms with E-state index in [0.717, 1.165) is 0 Å². The van der Waals surface area contributed by atoms with Crippen molar-refractivity contribution in [2.45, 2.75) is 56.3 Å². The first-order valence-corrected chi connectivity index (χ1v) is 10.4. The van der Waals surface area contributed by atoms with Crippen LogP contribution in [0.3, 0.4) is 0 Å². The first-order chi connectivity index (χ1) is 16.0. The molecule has 1 aliphatic rings. The number of carbonyl (C=O) groups is 6. The molecule has 1 aliphatic heterocycles. The number of rotatable bonds is 12. The number of carboxylic acid groups (broad SMARTS) is 2. The Bertz CT molecular complexity index is 935. The van der Waals surface area contributed by atoms with Crippen molar-refractivity contribution in [3.8, 4) is 0 Å². The normalized spacial score (nSPS) is 17.9. The molecule has 2 heterocycles. The smallest absolute Gasteiger partial charge is 0.326 e. The third-order valence-electron chi connectivity index (χ3n) is 5.18. The Morgan fingerprint density at radius 2 is 1.85 bits per heavy atom. The fraction of sp³-hybridized carbons (Fsp3) is 0.526. The molecule has 0 spiro atoms. The van der Waals surface area contributed by atoms with Crippen molar-refractivity contribution in [2.75, 3.05) is 6.54 Å². The number of nitrogens with two attached hydrogens (primary N) is 2. The van der Waals surface area contributed by atoms with Gasteiger partial charge >= 0.3 is 11.9 Å². The van der Waals surface area contributed by atoms with Crippen molar-refractivity contribution in [2.24, 2.45) is 11.5 Å². The lowest BCUT2D eigenvalue weighted by molar-refractivity contribution is -0.145. The van der Waals surface area contributed by atoms with Crippen molar-refractivity contribution in [3.05, 3.63) is 18.2 Å². The van der Waals surface area contributed by atoms with Crippen LogP contribution < -0.4 is 22.1 Å². The van der Waals surface area contributed by atoms with Crippen LogP contribution in [0.5, 0.6) is 0 Å². The SMILES string of the molecule is NC(=O)CC(NC(=O)C(Cc1cnc[nH]1)NC(=O)C1CCCN1C(=O)C(N)CC(=O)O)C(=O)O. The van der Waals surface area contributed by atoms with Gasteiger partial charge in [0.1, 0.15) is 18.1 Å². The summed E-state index contributed by atoms with van der Waals surface area (Å²) in [6.45, 7) is 0.182. The first kappa shape index (κ1) is 26.2. The predicted molar refractivity (Wildman–Crippen MR) is 113 cm³/mol. The summed E-state index contributed by atoms with van der Waals surface area (Å²) in [5.74, 6) is -5.99. The maximum absolute atomic E-state index is 13.0. The standard InChI is InChI=1S/C19H27N7O8/c20-10(5-15(28)29)18(32)26-3-1-2-13(26)17(31)24-11(4-9-7-22-8-23-9)16(30)25-12(19(33)34)6-14(21)27/h7-8,10-13H,1-6,20H2,(H2,21,27)(H,22,23)(H,24,31)(H,25,30)(H,28,29)(H,33,34). The first-order valence-electron chi connectivity index (χ1n) is 10.4. The average molecular weight is 481 g/mol. The van der Waals surface area contributed by atoms with Crippen molar-refractivity contribution in [1.82, 2.24) is 25.5 Å². The molecule has 34 heavy (non-hydrogen) atoms. The zero-order valence-corrected chi connectivity index (χ0v) is 18.1. The van der Waals surface area contributed by atoms with E-state index in [9.17, 15) is 33.9 Å². The van der Waals surface area contributed by atoms with E-state index in [1.54, 1.807) is 0 Å². The quantitative estimate of drug-likeness (QED) is 0.156. The molecule has 0 saturated carbocycles. The van der Waals surface area contributed by atoms with Gasteiger partial charge in [-0.05, 0) is 12.8 Å². The van der Waals surface area contributed by atoms with Crippen LogP contribution in [0.1, 0.15) is 31.4 Å². The minimum absolute atomic E-state index is 0.0975. The third kappa shape index (κ3) is 7.26. The molecule has 2 rings (SSSR count). The number of carbonyl (C=O) groups excluding carboxylic acids is 4. The molecule has 186 valence electrons. The van der Waals surface area contributed by atoms with Gasteiger partial charge in [0, 0.05) is 24.9 Å². The molecular weight excluding hydrogens is 454 g/mol. The van der Waals surface area contributed by atoms with Crippen molar-refractivity contribution < 1.29 is 39.0 Å². The number of nitrogens with zero attached hydrogens (tertiary/aromatic N) is 2. The number of amides is 4.